The molecule has 0 aromatic rings. The number of carbonyl (C=O) groups is 2. The quantitative estimate of drug-likeness (QED) is 0.597. The van der Waals surface area contributed by atoms with Crippen molar-refractivity contribution in [1.82, 2.24) is 0 Å². The second-order valence-corrected chi connectivity index (χ2v) is 1.60. The van der Waals surface area contributed by atoms with E-state index in [0.717, 1.165) is 37.9 Å². The van der Waals surface area contributed by atoms with Crippen molar-refractivity contribution in [3.63, 3.8) is 0 Å². The third kappa shape index (κ3) is 2.69. The van der Waals surface area contributed by atoms with Crippen LogP contribution in [-0.2, 0) is 9.59 Å². The van der Waals surface area contributed by atoms with Crippen LogP contribution in [-0.4, -0.2) is 12.6 Å². The molecular formula is C2HGdO3. The number of aliphatic carboxylic acids is 1. The van der Waals surface area contributed by atoms with E-state index in [0.29, 0.717) is 0 Å². The van der Waals surface area contributed by atoms with Gasteiger partial charge in [-0.3, -0.25) is 0 Å². The van der Waals surface area contributed by atoms with Crippen molar-refractivity contribution in [2.75, 3.05) is 0 Å². The third-order valence-electron chi connectivity index (χ3n) is 0.163. The first-order valence-corrected chi connectivity index (χ1v) is 2.19. The molecule has 6 heavy (non-hydrogen) atoms. The van der Waals surface area contributed by atoms with Crippen molar-refractivity contribution < 1.29 is 52.6 Å². The molecular weight excluding hydrogens is 229 g/mol. The topological polar surface area (TPSA) is 54.4 Å². The van der Waals surface area contributed by atoms with Gasteiger partial charge in [0.2, 0.25) is 0 Å². The first kappa shape index (κ1) is 6.46. The molecule has 0 rings (SSSR count). The van der Waals surface area contributed by atoms with Gasteiger partial charge in [0.15, 0.2) is 0 Å². The first-order valence-electron chi connectivity index (χ1n) is 1.06. The van der Waals surface area contributed by atoms with E-state index in [2.05, 4.69) is 0 Å². The van der Waals surface area contributed by atoms with Crippen molar-refractivity contribution in [2.45, 2.75) is 0 Å². The molecule has 0 unspecified atom stereocenters. The zero-order valence-corrected chi connectivity index (χ0v) is 4.89. The minimum atomic E-state index is -1.37. The van der Waals surface area contributed by atoms with E-state index in [4.69, 9.17) is 5.11 Å². The fourth-order valence-corrected chi connectivity index (χ4v) is 0. The molecule has 0 heterocycles. The van der Waals surface area contributed by atoms with Crippen LogP contribution in [0.5, 0.6) is 0 Å². The number of carboxylic acids is 1. The first-order chi connectivity index (χ1) is 2.64. The molecule has 0 aliphatic rings. The molecule has 35 valence electrons. The molecule has 0 aromatic heterocycles. The fraction of sp³-hybridized carbons (Fsp3) is 0. The van der Waals surface area contributed by atoms with Crippen LogP contribution in [0.2, 0.25) is 0 Å². The normalized spacial score (nSPS) is 7.50. The van der Waals surface area contributed by atoms with Gasteiger partial charge in [0, 0.05) is 0 Å². The number of rotatable bonds is 1. The van der Waals surface area contributed by atoms with Gasteiger partial charge in [-0.15, -0.1) is 0 Å². The van der Waals surface area contributed by atoms with Gasteiger partial charge in [-0.05, 0) is 0 Å². The molecule has 0 amide bonds. The molecule has 0 atom stereocenters. The molecule has 0 spiro atoms. The van der Waals surface area contributed by atoms with Crippen LogP contribution >= 0.6 is 0 Å². The second kappa shape index (κ2) is 2.61. The summed E-state index contributed by atoms with van der Waals surface area (Å²) in [5.41, 5.74) is 0. The summed E-state index contributed by atoms with van der Waals surface area (Å²) in [4.78, 5) is 18.9. The summed E-state index contributed by atoms with van der Waals surface area (Å²) in [5.74, 6) is -1.37. The third-order valence-corrected chi connectivity index (χ3v) is 0.648. The van der Waals surface area contributed by atoms with E-state index >= 15 is 0 Å². The van der Waals surface area contributed by atoms with Gasteiger partial charge in [0.05, 0.1) is 0 Å². The molecule has 0 radical (unpaired) electrons. The van der Waals surface area contributed by atoms with Crippen molar-refractivity contribution >= 4 is 7.53 Å². The molecule has 4 heteroatoms. The maximum absolute atomic E-state index is 9.56. The predicted molar refractivity (Wildman–Crippen MR) is 12.6 cm³/mol. The Morgan fingerprint density at radius 2 is 1.67 bits per heavy atom. The van der Waals surface area contributed by atoms with Crippen LogP contribution in [0.4, 0.5) is 0 Å². The van der Waals surface area contributed by atoms with Crippen LogP contribution in [0.15, 0.2) is 0 Å². The summed E-state index contributed by atoms with van der Waals surface area (Å²) < 4.78 is -0.796. The minimum absolute atomic E-state index is 0.796. The van der Waals surface area contributed by atoms with E-state index < -0.39 is 7.53 Å². The van der Waals surface area contributed by atoms with Crippen LogP contribution < -0.4 is 0 Å². The Balaban J connectivity index is 3.57. The van der Waals surface area contributed by atoms with E-state index in [1.54, 1.807) is 0 Å². The van der Waals surface area contributed by atoms with Gasteiger partial charge >= 0.3 is 60.1 Å². The second-order valence-electron chi connectivity index (χ2n) is 0.568. The van der Waals surface area contributed by atoms with E-state index in [1.165, 1.54) is 0 Å². The van der Waals surface area contributed by atoms with Gasteiger partial charge in [-0.2, -0.15) is 0 Å². The van der Waals surface area contributed by atoms with Crippen LogP contribution in [0, 0.1) is 37.9 Å². The van der Waals surface area contributed by atoms with Gasteiger partial charge < -0.3 is 0 Å². The Hall–Kier alpha value is 0.465. The Bertz CT molecular complexity index is 74.8. The van der Waals surface area contributed by atoms with E-state index in [-0.39, 0.29) is 0 Å². The average molecular weight is 230 g/mol. The average Bonchev–Trinajstić information content (AvgIpc) is 1.36. The van der Waals surface area contributed by atoms with Crippen LogP contribution in [0.1, 0.15) is 0 Å². The molecule has 0 aromatic carbocycles. The molecule has 0 aliphatic carbocycles. The summed E-state index contributed by atoms with van der Waals surface area (Å²) >= 11 is 0.825. The molecule has 1 N–H and O–H groups in total. The zero-order valence-electron chi connectivity index (χ0n) is 2.62. The Morgan fingerprint density at radius 1 is 1.50 bits per heavy atom. The number of carboxylic acid groups (broad SMARTS) is 1. The monoisotopic (exact) mass is 231 g/mol. The summed E-state index contributed by atoms with van der Waals surface area (Å²) in [7, 11) is 0. The van der Waals surface area contributed by atoms with Gasteiger partial charge in [0.1, 0.15) is 0 Å². The molecule has 0 saturated carbocycles. The molecule has 0 saturated heterocycles. The summed E-state index contributed by atoms with van der Waals surface area (Å²) in [5, 5.41) is 7.65. The maximum atomic E-state index is 9.56. The summed E-state index contributed by atoms with van der Waals surface area (Å²) in [6, 6.07) is 0. The van der Waals surface area contributed by atoms with Crippen molar-refractivity contribution in [1.29, 1.82) is 0 Å². The summed E-state index contributed by atoms with van der Waals surface area (Å²) in [6.07, 6.45) is 0. The Kier molecular flexibility index (Phi) is 2.81. The number of carbonyl (C=O) groups excluding carboxylic acids is 1. The SMILES string of the molecule is O=C(O)[C](=O)[Gd]. The standard InChI is InChI=1S/C2HO3.Gd/c3-1-2(4)5;/h(H,4,5);. The molecule has 0 aliphatic heterocycles. The van der Waals surface area contributed by atoms with Crippen molar-refractivity contribution in [2.24, 2.45) is 0 Å². The Morgan fingerprint density at radius 3 is 1.67 bits per heavy atom. The van der Waals surface area contributed by atoms with Gasteiger partial charge in [-0.25, -0.2) is 0 Å². The number of hydrogen-bond donors (Lipinski definition) is 1. The van der Waals surface area contributed by atoms with Crippen LogP contribution in [0.3, 0.4) is 0 Å². The van der Waals surface area contributed by atoms with E-state index in [1.807, 2.05) is 0 Å². The zero-order chi connectivity index (χ0) is 5.15. The van der Waals surface area contributed by atoms with E-state index in [9.17, 15) is 9.59 Å². The fourth-order valence-electron chi connectivity index (χ4n) is 0. The Labute approximate surface area is 59.7 Å². The van der Waals surface area contributed by atoms with Crippen molar-refractivity contribution in [3.05, 3.63) is 0 Å². The molecule has 3 nitrogen and oxygen atoms in total. The van der Waals surface area contributed by atoms with Gasteiger partial charge in [-0.1, -0.05) is 0 Å². The molecule has 0 fully saturated rings. The van der Waals surface area contributed by atoms with Gasteiger partial charge in [0.25, 0.3) is 0 Å². The van der Waals surface area contributed by atoms with Crippen LogP contribution in [0.25, 0.3) is 0 Å². The summed E-state index contributed by atoms with van der Waals surface area (Å²) in [6.45, 7) is 0. The number of hydrogen-bond acceptors (Lipinski definition) is 2. The predicted octanol–water partition coefficient (Wildman–Crippen LogP) is -0.853. The van der Waals surface area contributed by atoms with Crippen molar-refractivity contribution in [3.8, 4) is 0 Å². The molecule has 0 bridgehead atoms.